The zero-order chi connectivity index (χ0) is 61.7. The Morgan fingerprint density at radius 1 is 0.356 bits per heavy atom. The molecule has 446 valence electrons. The molecule has 0 bridgehead atoms. The summed E-state index contributed by atoms with van der Waals surface area (Å²) in [6.45, 7) is 46.7. The maximum Gasteiger partial charge on any atom is 0.252 e. The molecule has 2 unspecified atom stereocenters. The monoisotopic (exact) mass is 1150 g/mol. The van der Waals surface area contributed by atoms with Gasteiger partial charge in [-0.05, 0) is 204 Å². The summed E-state index contributed by atoms with van der Waals surface area (Å²) in [5, 5.41) is 0. The highest BCUT2D eigenvalue weighted by atomic mass is 15.3. The second-order valence-electron chi connectivity index (χ2n) is 34.0. The van der Waals surface area contributed by atoms with E-state index in [1.165, 1.54) is 141 Å². The quantitative estimate of drug-likeness (QED) is 0.159. The van der Waals surface area contributed by atoms with Gasteiger partial charge in [0.05, 0.1) is 16.9 Å². The van der Waals surface area contributed by atoms with Gasteiger partial charge in [0.2, 0.25) is 0 Å². The summed E-state index contributed by atoms with van der Waals surface area (Å²) >= 11 is 0. The van der Waals surface area contributed by atoms with Crippen LogP contribution in [0.2, 0.25) is 0 Å². The molecule has 0 saturated heterocycles. The molecule has 0 amide bonds. The van der Waals surface area contributed by atoms with E-state index in [-0.39, 0.29) is 55.6 Å². The predicted molar refractivity (Wildman–Crippen MR) is 376 cm³/mol. The predicted octanol–water partition coefficient (Wildman–Crippen LogP) is 21.0. The van der Waals surface area contributed by atoms with E-state index >= 15 is 0 Å². The van der Waals surface area contributed by atoms with Crippen molar-refractivity contribution in [3.63, 3.8) is 0 Å². The Labute approximate surface area is 524 Å². The van der Waals surface area contributed by atoms with E-state index in [4.69, 9.17) is 0 Å². The molecule has 3 heterocycles. The fourth-order valence-corrected chi connectivity index (χ4v) is 17.8. The third-order valence-electron chi connectivity index (χ3n) is 23.1. The van der Waals surface area contributed by atoms with Gasteiger partial charge >= 0.3 is 0 Å². The number of nitrogens with zero attached hydrogens (tertiary/aromatic N) is 3. The van der Waals surface area contributed by atoms with Crippen LogP contribution in [-0.4, -0.2) is 12.3 Å². The van der Waals surface area contributed by atoms with E-state index in [0.717, 1.165) is 32.1 Å². The second-order valence-corrected chi connectivity index (χ2v) is 34.0. The molecule has 6 aliphatic rings. The molecule has 3 aliphatic carbocycles. The first kappa shape index (κ1) is 57.9. The van der Waals surface area contributed by atoms with Crippen molar-refractivity contribution in [3.05, 3.63) is 196 Å². The van der Waals surface area contributed by atoms with Crippen LogP contribution in [0.3, 0.4) is 0 Å². The van der Waals surface area contributed by atoms with Gasteiger partial charge in [0, 0.05) is 50.7 Å². The van der Waals surface area contributed by atoms with Crippen LogP contribution in [0.5, 0.6) is 0 Å². The first-order valence-electron chi connectivity index (χ1n) is 33.2. The number of anilines is 8. The second kappa shape index (κ2) is 18.9. The average molecular weight is 1150 g/mol. The van der Waals surface area contributed by atoms with Gasteiger partial charge in [0.15, 0.2) is 0 Å². The maximum absolute atomic E-state index is 2.88. The van der Waals surface area contributed by atoms with Crippen LogP contribution in [0.15, 0.2) is 152 Å². The zero-order valence-electron chi connectivity index (χ0n) is 56.3. The summed E-state index contributed by atoms with van der Waals surface area (Å²) in [6, 6.07) is 61.5. The lowest BCUT2D eigenvalue weighted by atomic mass is 9.33. The Hall–Kier alpha value is -6.78. The van der Waals surface area contributed by atoms with Crippen molar-refractivity contribution in [1.29, 1.82) is 0 Å². The SMILES string of the molecule is CC(C)(C)c1ccc(N2c3cc4c(cc3B3c5cc6c(cc5N(c5ccc(C(C)(C)C)cc5-c5ccccc5)c5cc(N7c8ccc(C(C)(C)C)cc8C8(C)CCCCC78C)cc2c53)C(C)(C)CC6(C)C)C(C)(C)CCC4(C)C)c(-c2ccccc2)c1. The Balaban J connectivity index is 1.19. The number of benzene rings is 8. The Kier molecular flexibility index (Phi) is 12.6. The summed E-state index contributed by atoms with van der Waals surface area (Å²) in [7, 11) is 0. The van der Waals surface area contributed by atoms with E-state index in [2.05, 4.69) is 298 Å². The van der Waals surface area contributed by atoms with Gasteiger partial charge < -0.3 is 14.7 Å². The minimum atomic E-state index is -0.197. The Morgan fingerprint density at radius 3 is 1.22 bits per heavy atom. The average Bonchev–Trinajstić information content (AvgIpc) is 1.67. The van der Waals surface area contributed by atoms with Crippen LogP contribution >= 0.6 is 0 Å². The topological polar surface area (TPSA) is 9.72 Å². The third-order valence-corrected chi connectivity index (χ3v) is 23.1. The number of fused-ring (bicyclic) bond motifs is 9. The lowest BCUT2D eigenvalue weighted by Gasteiger charge is -2.51. The molecule has 4 heteroatoms. The largest absolute Gasteiger partial charge is 0.334 e. The number of hydrogen-bond donors (Lipinski definition) is 0. The van der Waals surface area contributed by atoms with Crippen molar-refractivity contribution in [2.45, 2.75) is 225 Å². The molecule has 1 saturated carbocycles. The molecule has 3 aliphatic heterocycles. The van der Waals surface area contributed by atoms with Crippen LogP contribution in [-0.2, 0) is 43.3 Å². The molecule has 2 atom stereocenters. The van der Waals surface area contributed by atoms with Crippen molar-refractivity contribution in [3.8, 4) is 22.3 Å². The smallest absolute Gasteiger partial charge is 0.252 e. The molecule has 0 aromatic heterocycles. The van der Waals surface area contributed by atoms with Gasteiger partial charge in [0.1, 0.15) is 0 Å². The van der Waals surface area contributed by atoms with Gasteiger partial charge in [-0.2, -0.15) is 0 Å². The first-order valence-corrected chi connectivity index (χ1v) is 33.2. The van der Waals surface area contributed by atoms with E-state index in [1.807, 2.05) is 0 Å². The third kappa shape index (κ3) is 8.69. The highest BCUT2D eigenvalue weighted by Crippen LogP contribution is 2.63. The summed E-state index contributed by atoms with van der Waals surface area (Å²) in [5.74, 6) is 0. The van der Waals surface area contributed by atoms with Crippen molar-refractivity contribution in [1.82, 2.24) is 0 Å². The molecule has 1 fully saturated rings. The van der Waals surface area contributed by atoms with E-state index in [1.54, 1.807) is 0 Å². The molecule has 14 rings (SSSR count). The maximum atomic E-state index is 2.88. The lowest BCUT2D eigenvalue weighted by Crippen LogP contribution is -2.62. The molecule has 0 N–H and O–H groups in total. The molecule has 3 nitrogen and oxygen atoms in total. The molecular weight excluding hydrogens is 1050 g/mol. The number of hydrogen-bond acceptors (Lipinski definition) is 3. The van der Waals surface area contributed by atoms with Crippen LogP contribution in [0.1, 0.15) is 221 Å². The molecule has 87 heavy (non-hydrogen) atoms. The van der Waals surface area contributed by atoms with Crippen molar-refractivity contribution < 1.29 is 0 Å². The zero-order valence-corrected chi connectivity index (χ0v) is 56.3. The van der Waals surface area contributed by atoms with Crippen molar-refractivity contribution in [2.24, 2.45) is 0 Å². The van der Waals surface area contributed by atoms with Gasteiger partial charge in [-0.15, -0.1) is 0 Å². The normalized spacial score (nSPS) is 21.8. The summed E-state index contributed by atoms with van der Waals surface area (Å²) in [4.78, 5) is 8.48. The summed E-state index contributed by atoms with van der Waals surface area (Å²) in [5.41, 5.74) is 30.6. The molecule has 0 radical (unpaired) electrons. The van der Waals surface area contributed by atoms with Crippen LogP contribution in [0.25, 0.3) is 22.3 Å². The van der Waals surface area contributed by atoms with Gasteiger partial charge in [-0.3, -0.25) is 0 Å². The first-order chi connectivity index (χ1) is 40.7. The molecule has 8 aromatic carbocycles. The highest BCUT2D eigenvalue weighted by molar-refractivity contribution is 7.00. The van der Waals surface area contributed by atoms with Crippen molar-refractivity contribution in [2.75, 3.05) is 14.7 Å². The summed E-state index contributed by atoms with van der Waals surface area (Å²) < 4.78 is 0. The fourth-order valence-electron chi connectivity index (χ4n) is 17.8. The molecule has 8 aromatic rings. The van der Waals surface area contributed by atoms with Crippen LogP contribution < -0.4 is 31.1 Å². The van der Waals surface area contributed by atoms with Gasteiger partial charge in [0.25, 0.3) is 6.71 Å². The van der Waals surface area contributed by atoms with Crippen LogP contribution in [0, 0.1) is 0 Å². The lowest BCUT2D eigenvalue weighted by molar-refractivity contribution is 0.195. The fraction of sp³-hybridized carbons (Fsp3) is 0.422. The molecular formula is C83H96BN3. The summed E-state index contributed by atoms with van der Waals surface area (Å²) in [6.07, 6.45) is 8.11. The van der Waals surface area contributed by atoms with E-state index < -0.39 is 0 Å². The van der Waals surface area contributed by atoms with Crippen molar-refractivity contribution >= 4 is 68.6 Å². The van der Waals surface area contributed by atoms with E-state index in [9.17, 15) is 0 Å². The Morgan fingerprint density at radius 2 is 0.759 bits per heavy atom. The molecule has 0 spiro atoms. The highest BCUT2D eigenvalue weighted by Gasteiger charge is 2.59. The van der Waals surface area contributed by atoms with E-state index in [0.29, 0.717) is 0 Å². The Bertz CT molecular complexity index is 4140. The minimum Gasteiger partial charge on any atom is -0.334 e. The van der Waals surface area contributed by atoms with Gasteiger partial charge in [-0.1, -0.05) is 235 Å². The van der Waals surface area contributed by atoms with Gasteiger partial charge in [-0.25, -0.2) is 0 Å². The standard InChI is InChI=1S/C83H96BN3/c1-75(2,3)54-32-35-67(58(42-54)52-28-22-20-23-29-52)85-70-49-62-60(78(10,11)40-41-79(62,12)13)47-65(70)84-66-48-61-63(81(16,17)51-80(61,14)15)50-71(66)86(68-36-33-55(76(4,5)6)43-59(68)53-30-24-21-25-31-53)73-46-57(45-72(85)74(73)84)87-69-37-34-56(77(7,8)9)44-64(69)82(18)38-26-27-39-83(82,87)19/h20-25,28-37,42-50H,26-27,38-41,51H2,1-19H3. The minimum absolute atomic E-state index is 0.00775. The number of rotatable bonds is 5. The van der Waals surface area contributed by atoms with Crippen LogP contribution in [0.4, 0.5) is 45.5 Å².